The lowest BCUT2D eigenvalue weighted by Crippen LogP contribution is -2.52. The van der Waals surface area contributed by atoms with Gasteiger partial charge in [0.1, 0.15) is 0 Å². The van der Waals surface area contributed by atoms with Gasteiger partial charge in [-0.2, -0.15) is 0 Å². The Morgan fingerprint density at radius 1 is 1.41 bits per heavy atom. The number of carbonyl (C=O) groups is 1. The number of carbonyl (C=O) groups excluding carboxylic acids is 1. The summed E-state index contributed by atoms with van der Waals surface area (Å²) in [4.78, 5) is 14.4. The van der Waals surface area contributed by atoms with E-state index in [9.17, 15) is 4.79 Å². The van der Waals surface area contributed by atoms with Crippen LogP contribution < -0.4 is 11.1 Å². The summed E-state index contributed by atoms with van der Waals surface area (Å²) in [7, 11) is 0. The Bertz CT molecular complexity index is 454. The first-order valence-corrected chi connectivity index (χ1v) is 7.97. The van der Waals surface area contributed by atoms with Gasteiger partial charge in [0, 0.05) is 24.8 Å². The number of benzene rings is 1. The normalized spacial score (nSPS) is 20.7. The minimum absolute atomic E-state index is 0. The smallest absolute Gasteiger partial charge is 0.239 e. The number of nitrogens with zero attached hydrogens (tertiary/aromatic N) is 1. The Kier molecular flexibility index (Phi) is 7.69. The Hall–Kier alpha value is -1.26. The molecule has 0 bridgehead atoms. The molecule has 1 fully saturated rings. The number of para-hydroxylation sites is 1. The SMILES string of the molecule is CCC(C)C(N)C(=O)N1CCCC(Nc2ccccc2)C1.Cl. The van der Waals surface area contributed by atoms with Crippen molar-refractivity contribution in [1.82, 2.24) is 4.90 Å². The molecule has 1 heterocycles. The monoisotopic (exact) mass is 325 g/mol. The molecular weight excluding hydrogens is 298 g/mol. The van der Waals surface area contributed by atoms with Crippen LogP contribution in [0.1, 0.15) is 33.1 Å². The molecule has 1 amide bonds. The number of nitrogens with two attached hydrogens (primary N) is 1. The molecule has 22 heavy (non-hydrogen) atoms. The van der Waals surface area contributed by atoms with Gasteiger partial charge in [-0.05, 0) is 30.9 Å². The molecule has 1 aromatic carbocycles. The van der Waals surface area contributed by atoms with Crippen LogP contribution in [-0.2, 0) is 4.79 Å². The lowest BCUT2D eigenvalue weighted by Gasteiger charge is -2.36. The summed E-state index contributed by atoms with van der Waals surface area (Å²) in [6.07, 6.45) is 3.06. The van der Waals surface area contributed by atoms with Gasteiger partial charge in [0.2, 0.25) is 5.91 Å². The molecule has 3 N–H and O–H groups in total. The third-order valence-corrected chi connectivity index (χ3v) is 4.42. The predicted molar refractivity (Wildman–Crippen MR) is 94.3 cm³/mol. The number of amides is 1. The zero-order chi connectivity index (χ0) is 15.2. The first-order chi connectivity index (χ1) is 10.1. The molecule has 4 nitrogen and oxygen atoms in total. The Morgan fingerprint density at radius 3 is 2.73 bits per heavy atom. The molecule has 0 saturated carbocycles. The third kappa shape index (κ3) is 4.89. The number of likely N-dealkylation sites (tertiary alicyclic amines) is 1. The van der Waals surface area contributed by atoms with Crippen molar-refractivity contribution >= 4 is 24.0 Å². The first kappa shape index (κ1) is 18.8. The van der Waals surface area contributed by atoms with Crippen LogP contribution in [0.25, 0.3) is 0 Å². The highest BCUT2D eigenvalue weighted by Crippen LogP contribution is 2.18. The summed E-state index contributed by atoms with van der Waals surface area (Å²) in [5, 5.41) is 3.51. The van der Waals surface area contributed by atoms with Crippen molar-refractivity contribution < 1.29 is 4.79 Å². The van der Waals surface area contributed by atoms with E-state index in [2.05, 4.69) is 24.4 Å². The van der Waals surface area contributed by atoms with Gasteiger partial charge in [0.25, 0.3) is 0 Å². The predicted octanol–water partition coefficient (Wildman–Crippen LogP) is 2.88. The minimum Gasteiger partial charge on any atom is -0.381 e. The second-order valence-corrected chi connectivity index (χ2v) is 6.05. The third-order valence-electron chi connectivity index (χ3n) is 4.42. The van der Waals surface area contributed by atoms with Crippen molar-refractivity contribution in [3.63, 3.8) is 0 Å². The van der Waals surface area contributed by atoms with Crippen LogP contribution in [0.2, 0.25) is 0 Å². The van der Waals surface area contributed by atoms with Gasteiger partial charge >= 0.3 is 0 Å². The van der Waals surface area contributed by atoms with E-state index in [0.717, 1.165) is 38.0 Å². The van der Waals surface area contributed by atoms with E-state index in [4.69, 9.17) is 5.73 Å². The number of hydrogen-bond acceptors (Lipinski definition) is 3. The molecule has 2 rings (SSSR count). The van der Waals surface area contributed by atoms with Gasteiger partial charge in [-0.15, -0.1) is 12.4 Å². The molecule has 1 aliphatic heterocycles. The quantitative estimate of drug-likeness (QED) is 0.875. The van der Waals surface area contributed by atoms with Crippen molar-refractivity contribution in [1.29, 1.82) is 0 Å². The summed E-state index contributed by atoms with van der Waals surface area (Å²) in [6, 6.07) is 10.1. The molecule has 1 aromatic rings. The molecule has 0 aromatic heterocycles. The van der Waals surface area contributed by atoms with Gasteiger partial charge in [0.15, 0.2) is 0 Å². The van der Waals surface area contributed by atoms with Crippen LogP contribution in [0.3, 0.4) is 0 Å². The number of anilines is 1. The van der Waals surface area contributed by atoms with Crippen LogP contribution in [0.5, 0.6) is 0 Å². The average Bonchev–Trinajstić information content (AvgIpc) is 2.54. The standard InChI is InChI=1S/C17H27N3O.ClH/c1-3-13(2)16(18)17(21)20-11-7-10-15(12-20)19-14-8-5-4-6-9-14;/h4-6,8-9,13,15-16,19H,3,7,10-12,18H2,1-2H3;1H. The van der Waals surface area contributed by atoms with Gasteiger partial charge in [-0.3, -0.25) is 4.79 Å². The van der Waals surface area contributed by atoms with E-state index in [0.29, 0.717) is 6.04 Å². The minimum atomic E-state index is -0.370. The van der Waals surface area contributed by atoms with Crippen molar-refractivity contribution in [2.45, 2.75) is 45.2 Å². The molecule has 124 valence electrons. The van der Waals surface area contributed by atoms with E-state index in [-0.39, 0.29) is 30.3 Å². The summed E-state index contributed by atoms with van der Waals surface area (Å²) in [5.41, 5.74) is 7.20. The Balaban J connectivity index is 0.00000242. The van der Waals surface area contributed by atoms with E-state index in [1.54, 1.807) is 0 Å². The van der Waals surface area contributed by atoms with Crippen molar-refractivity contribution in [2.75, 3.05) is 18.4 Å². The largest absolute Gasteiger partial charge is 0.381 e. The molecule has 0 radical (unpaired) electrons. The van der Waals surface area contributed by atoms with Crippen LogP contribution >= 0.6 is 12.4 Å². The number of piperidine rings is 1. The van der Waals surface area contributed by atoms with E-state index in [1.807, 2.05) is 30.0 Å². The maximum Gasteiger partial charge on any atom is 0.239 e. The Morgan fingerprint density at radius 2 is 2.09 bits per heavy atom. The van der Waals surface area contributed by atoms with Crippen LogP contribution in [0.4, 0.5) is 5.69 Å². The molecule has 3 atom stereocenters. The van der Waals surface area contributed by atoms with E-state index >= 15 is 0 Å². The molecule has 0 spiro atoms. The summed E-state index contributed by atoms with van der Waals surface area (Å²) in [5.74, 6) is 0.337. The fraction of sp³-hybridized carbons (Fsp3) is 0.588. The highest BCUT2D eigenvalue weighted by atomic mass is 35.5. The van der Waals surface area contributed by atoms with E-state index in [1.165, 1.54) is 0 Å². The highest BCUT2D eigenvalue weighted by molar-refractivity contribution is 5.85. The van der Waals surface area contributed by atoms with Crippen molar-refractivity contribution in [2.24, 2.45) is 11.7 Å². The number of rotatable bonds is 5. The maximum atomic E-state index is 12.5. The van der Waals surface area contributed by atoms with Crippen LogP contribution in [-0.4, -0.2) is 36.0 Å². The average molecular weight is 326 g/mol. The lowest BCUT2D eigenvalue weighted by molar-refractivity contribution is -0.134. The number of nitrogens with one attached hydrogen (secondary N) is 1. The Labute approximate surface area is 139 Å². The number of halogens is 1. The topological polar surface area (TPSA) is 58.4 Å². The second kappa shape index (κ2) is 9.01. The summed E-state index contributed by atoms with van der Waals surface area (Å²) < 4.78 is 0. The fourth-order valence-electron chi connectivity index (χ4n) is 2.77. The van der Waals surface area contributed by atoms with Crippen LogP contribution in [0, 0.1) is 5.92 Å². The molecule has 3 unspecified atom stereocenters. The lowest BCUT2D eigenvalue weighted by atomic mass is 9.97. The zero-order valence-electron chi connectivity index (χ0n) is 13.5. The van der Waals surface area contributed by atoms with E-state index < -0.39 is 0 Å². The molecule has 5 heteroatoms. The fourth-order valence-corrected chi connectivity index (χ4v) is 2.77. The second-order valence-electron chi connectivity index (χ2n) is 6.05. The van der Waals surface area contributed by atoms with Gasteiger partial charge in [-0.1, -0.05) is 38.5 Å². The molecular formula is C17H28ClN3O. The van der Waals surface area contributed by atoms with Gasteiger partial charge < -0.3 is 16.0 Å². The molecule has 0 aliphatic carbocycles. The highest BCUT2D eigenvalue weighted by Gasteiger charge is 2.29. The maximum absolute atomic E-state index is 12.5. The van der Waals surface area contributed by atoms with Crippen molar-refractivity contribution in [3.05, 3.63) is 30.3 Å². The molecule has 1 saturated heterocycles. The number of hydrogen-bond donors (Lipinski definition) is 2. The zero-order valence-corrected chi connectivity index (χ0v) is 14.3. The van der Waals surface area contributed by atoms with Crippen LogP contribution in [0.15, 0.2) is 30.3 Å². The summed E-state index contributed by atoms with van der Waals surface area (Å²) in [6.45, 7) is 5.70. The molecule has 1 aliphatic rings. The first-order valence-electron chi connectivity index (χ1n) is 7.97. The van der Waals surface area contributed by atoms with Gasteiger partial charge in [-0.25, -0.2) is 0 Å². The summed E-state index contributed by atoms with van der Waals surface area (Å²) >= 11 is 0. The van der Waals surface area contributed by atoms with Crippen molar-refractivity contribution in [3.8, 4) is 0 Å². The van der Waals surface area contributed by atoms with Gasteiger partial charge in [0.05, 0.1) is 6.04 Å².